The summed E-state index contributed by atoms with van der Waals surface area (Å²) in [7, 11) is 0. The summed E-state index contributed by atoms with van der Waals surface area (Å²) >= 11 is 0. The van der Waals surface area contributed by atoms with Crippen molar-refractivity contribution in [3.63, 3.8) is 0 Å². The van der Waals surface area contributed by atoms with Crippen molar-refractivity contribution in [3.8, 4) is 16.9 Å². The number of furan rings is 1. The molecular formula is C29H26F3NO4. The Morgan fingerprint density at radius 2 is 1.84 bits per heavy atom. The Kier molecular flexibility index (Phi) is 6.93. The predicted molar refractivity (Wildman–Crippen MR) is 133 cm³/mol. The lowest BCUT2D eigenvalue weighted by molar-refractivity contribution is -0.274. The Morgan fingerprint density at radius 1 is 1.05 bits per heavy atom. The van der Waals surface area contributed by atoms with Gasteiger partial charge in [-0.25, -0.2) is 0 Å². The molecule has 1 fully saturated rings. The van der Waals surface area contributed by atoms with Crippen molar-refractivity contribution < 1.29 is 31.9 Å². The fourth-order valence-electron chi connectivity index (χ4n) is 4.92. The molecule has 8 heteroatoms. The maximum atomic E-state index is 13.6. The molecule has 37 heavy (non-hydrogen) atoms. The maximum Gasteiger partial charge on any atom is 0.573 e. The summed E-state index contributed by atoms with van der Waals surface area (Å²) in [6.07, 6.45) is -2.31. The van der Waals surface area contributed by atoms with Gasteiger partial charge >= 0.3 is 6.36 Å². The Morgan fingerprint density at radius 3 is 2.62 bits per heavy atom. The number of halogens is 3. The van der Waals surface area contributed by atoms with Crippen LogP contribution in [0, 0.1) is 12.8 Å². The Balaban J connectivity index is 1.35. The topological polar surface area (TPSA) is 51.9 Å². The number of amides is 1. The van der Waals surface area contributed by atoms with Crippen LogP contribution in [0.5, 0.6) is 5.75 Å². The summed E-state index contributed by atoms with van der Waals surface area (Å²) in [5.41, 5.74) is 4.80. The maximum absolute atomic E-state index is 13.6. The van der Waals surface area contributed by atoms with Crippen LogP contribution >= 0.6 is 0 Å². The highest BCUT2D eigenvalue weighted by molar-refractivity contribution is 5.97. The molecule has 192 valence electrons. The monoisotopic (exact) mass is 509 g/mol. The van der Waals surface area contributed by atoms with Crippen LogP contribution in [0.3, 0.4) is 0 Å². The van der Waals surface area contributed by atoms with Crippen molar-refractivity contribution in [1.82, 2.24) is 4.90 Å². The largest absolute Gasteiger partial charge is 0.573 e. The van der Waals surface area contributed by atoms with Gasteiger partial charge in [0.15, 0.2) is 0 Å². The van der Waals surface area contributed by atoms with E-state index in [1.54, 1.807) is 30.5 Å². The number of carbonyl (C=O) groups is 1. The quantitative estimate of drug-likeness (QED) is 0.303. The number of hydrogen-bond acceptors (Lipinski definition) is 4. The van der Waals surface area contributed by atoms with Crippen LogP contribution in [0.1, 0.15) is 21.5 Å². The van der Waals surface area contributed by atoms with Gasteiger partial charge in [0.05, 0.1) is 19.5 Å². The van der Waals surface area contributed by atoms with Crippen molar-refractivity contribution in [2.75, 3.05) is 26.3 Å². The van der Waals surface area contributed by atoms with Gasteiger partial charge < -0.3 is 18.8 Å². The van der Waals surface area contributed by atoms with Crippen LogP contribution in [-0.2, 0) is 11.2 Å². The second-order valence-electron chi connectivity index (χ2n) is 9.20. The van der Waals surface area contributed by atoms with Crippen LogP contribution < -0.4 is 4.74 Å². The first-order valence-electron chi connectivity index (χ1n) is 12.1. The molecule has 1 amide bonds. The van der Waals surface area contributed by atoms with E-state index in [2.05, 4.69) is 10.8 Å². The van der Waals surface area contributed by atoms with E-state index in [9.17, 15) is 18.0 Å². The first kappa shape index (κ1) is 24.9. The summed E-state index contributed by atoms with van der Waals surface area (Å²) in [6.45, 7) is 3.91. The van der Waals surface area contributed by atoms with Crippen molar-refractivity contribution in [3.05, 3.63) is 89.7 Å². The molecule has 2 heterocycles. The molecule has 1 unspecified atom stereocenters. The van der Waals surface area contributed by atoms with Crippen LogP contribution in [-0.4, -0.2) is 43.5 Å². The van der Waals surface area contributed by atoms with Gasteiger partial charge in [0, 0.05) is 30.0 Å². The average Bonchev–Trinajstić information content (AvgIpc) is 3.23. The lowest BCUT2D eigenvalue weighted by Gasteiger charge is -2.25. The van der Waals surface area contributed by atoms with E-state index in [0.29, 0.717) is 37.4 Å². The molecule has 1 saturated heterocycles. The molecule has 0 spiro atoms. The molecule has 1 aromatic heterocycles. The van der Waals surface area contributed by atoms with Gasteiger partial charge in [0.2, 0.25) is 0 Å². The lowest BCUT2D eigenvalue weighted by Crippen LogP contribution is -2.36. The third-order valence-corrected chi connectivity index (χ3v) is 6.68. The standard InChI is InChI=1S/C29H26F3NO4/c1-19-24(21-8-10-23(11-9-21)37-29(30,31)32)5-3-6-25(19)28(34)33-13-15-35-18-20(17-33)16-22-4-2-7-27-26(22)12-14-36-27/h2-12,14,20H,13,15-18H2,1H3. The number of ether oxygens (including phenoxy) is 2. The fraction of sp³-hybridized carbons (Fsp3) is 0.276. The highest BCUT2D eigenvalue weighted by atomic mass is 19.4. The number of rotatable bonds is 5. The minimum Gasteiger partial charge on any atom is -0.464 e. The van der Waals surface area contributed by atoms with E-state index >= 15 is 0 Å². The number of benzene rings is 3. The van der Waals surface area contributed by atoms with E-state index < -0.39 is 6.36 Å². The molecule has 5 rings (SSSR count). The number of alkyl halides is 3. The molecule has 4 aromatic rings. The Bertz CT molecular complexity index is 1390. The summed E-state index contributed by atoms with van der Waals surface area (Å²) < 4.78 is 52.9. The number of hydrogen-bond donors (Lipinski definition) is 0. The zero-order chi connectivity index (χ0) is 26.0. The van der Waals surface area contributed by atoms with Crippen molar-refractivity contribution in [2.45, 2.75) is 19.7 Å². The highest BCUT2D eigenvalue weighted by Gasteiger charge is 2.31. The fourth-order valence-corrected chi connectivity index (χ4v) is 4.92. The predicted octanol–water partition coefficient (Wildman–Crippen LogP) is 6.64. The van der Waals surface area contributed by atoms with Crippen molar-refractivity contribution >= 4 is 16.9 Å². The Labute approximate surface area is 212 Å². The molecular weight excluding hydrogens is 483 g/mol. The summed E-state index contributed by atoms with van der Waals surface area (Å²) in [5, 5.41) is 1.07. The molecule has 0 aliphatic carbocycles. The first-order valence-corrected chi connectivity index (χ1v) is 12.1. The van der Waals surface area contributed by atoms with E-state index in [-0.39, 0.29) is 17.6 Å². The van der Waals surface area contributed by atoms with Gasteiger partial charge in [-0.05, 0) is 65.9 Å². The molecule has 0 bridgehead atoms. The zero-order valence-corrected chi connectivity index (χ0v) is 20.3. The molecule has 0 N–H and O–H groups in total. The van der Waals surface area contributed by atoms with Gasteiger partial charge in [-0.3, -0.25) is 4.79 Å². The first-order chi connectivity index (χ1) is 17.8. The lowest BCUT2D eigenvalue weighted by atomic mass is 9.94. The van der Waals surface area contributed by atoms with Gasteiger partial charge in [-0.1, -0.05) is 36.4 Å². The van der Waals surface area contributed by atoms with Crippen molar-refractivity contribution in [2.24, 2.45) is 5.92 Å². The van der Waals surface area contributed by atoms with Crippen molar-refractivity contribution in [1.29, 1.82) is 0 Å². The third-order valence-electron chi connectivity index (χ3n) is 6.68. The van der Waals surface area contributed by atoms with E-state index in [0.717, 1.165) is 34.1 Å². The van der Waals surface area contributed by atoms with E-state index in [4.69, 9.17) is 9.15 Å². The molecule has 5 nitrogen and oxygen atoms in total. The van der Waals surface area contributed by atoms with Crippen LogP contribution in [0.4, 0.5) is 13.2 Å². The summed E-state index contributed by atoms with van der Waals surface area (Å²) in [5.74, 6) is -0.257. The second kappa shape index (κ2) is 10.3. The summed E-state index contributed by atoms with van der Waals surface area (Å²) in [4.78, 5) is 15.5. The normalized spacial score (nSPS) is 16.5. The smallest absolute Gasteiger partial charge is 0.464 e. The zero-order valence-electron chi connectivity index (χ0n) is 20.3. The molecule has 1 atom stereocenters. The van der Waals surface area contributed by atoms with Gasteiger partial charge in [0.25, 0.3) is 5.91 Å². The molecule has 3 aromatic carbocycles. The van der Waals surface area contributed by atoms with Crippen LogP contribution in [0.2, 0.25) is 0 Å². The van der Waals surface area contributed by atoms with E-state index in [1.807, 2.05) is 36.1 Å². The average molecular weight is 510 g/mol. The molecule has 1 aliphatic heterocycles. The number of fused-ring (bicyclic) bond motifs is 1. The van der Waals surface area contributed by atoms with Gasteiger partial charge in [-0.2, -0.15) is 0 Å². The van der Waals surface area contributed by atoms with Crippen LogP contribution in [0.25, 0.3) is 22.1 Å². The minimum absolute atomic E-state index is 0.0894. The Hall–Kier alpha value is -3.78. The molecule has 1 aliphatic rings. The van der Waals surface area contributed by atoms with Crippen LogP contribution in [0.15, 0.2) is 77.4 Å². The SMILES string of the molecule is Cc1c(C(=O)N2CCOCC(Cc3cccc4occc34)C2)cccc1-c1ccc(OC(F)(F)F)cc1. The molecule has 0 radical (unpaired) electrons. The number of nitrogens with zero attached hydrogens (tertiary/aromatic N) is 1. The van der Waals surface area contributed by atoms with Gasteiger partial charge in [0.1, 0.15) is 11.3 Å². The highest BCUT2D eigenvalue weighted by Crippen LogP contribution is 2.30. The van der Waals surface area contributed by atoms with E-state index in [1.165, 1.54) is 12.1 Å². The molecule has 0 saturated carbocycles. The minimum atomic E-state index is -4.75. The third kappa shape index (κ3) is 5.64. The second-order valence-corrected chi connectivity index (χ2v) is 9.20. The summed E-state index contributed by atoms with van der Waals surface area (Å²) in [6, 6.07) is 19.0. The number of carbonyl (C=O) groups excluding carboxylic acids is 1. The van der Waals surface area contributed by atoms with Gasteiger partial charge in [-0.15, -0.1) is 13.2 Å².